The Morgan fingerprint density at radius 2 is 1.96 bits per heavy atom. The van der Waals surface area contributed by atoms with E-state index in [1.165, 1.54) is 25.1 Å². The maximum absolute atomic E-state index is 13.0. The van der Waals surface area contributed by atoms with Gasteiger partial charge in [-0.1, -0.05) is 12.1 Å². The lowest BCUT2D eigenvalue weighted by molar-refractivity contribution is -0.148. The second-order valence-corrected chi connectivity index (χ2v) is 6.99. The number of carbonyl (C=O) groups is 3. The van der Waals surface area contributed by atoms with Crippen LogP contribution in [-0.4, -0.2) is 30.4 Å². The Labute approximate surface area is 160 Å². The summed E-state index contributed by atoms with van der Waals surface area (Å²) in [5, 5.41) is 2.64. The molecule has 28 heavy (non-hydrogen) atoms. The number of esters is 1. The molecule has 0 unspecified atom stereocenters. The number of nitrogens with one attached hydrogen (secondary N) is 1. The van der Waals surface area contributed by atoms with E-state index >= 15 is 0 Å². The van der Waals surface area contributed by atoms with Crippen LogP contribution in [0.5, 0.6) is 5.75 Å². The van der Waals surface area contributed by atoms with E-state index in [4.69, 9.17) is 9.47 Å². The summed E-state index contributed by atoms with van der Waals surface area (Å²) in [5.41, 5.74) is 1.61. The minimum absolute atomic E-state index is 0.00786. The second kappa shape index (κ2) is 7.07. The van der Waals surface area contributed by atoms with E-state index < -0.39 is 12.1 Å². The van der Waals surface area contributed by atoms with E-state index in [1.807, 2.05) is 0 Å². The van der Waals surface area contributed by atoms with Gasteiger partial charge in [-0.15, -0.1) is 0 Å². The Balaban J connectivity index is 1.38. The molecule has 1 fully saturated rings. The Kier molecular flexibility index (Phi) is 4.58. The van der Waals surface area contributed by atoms with Crippen LogP contribution in [0.1, 0.15) is 35.2 Å². The van der Waals surface area contributed by atoms with Crippen LogP contribution in [0.3, 0.4) is 0 Å². The van der Waals surface area contributed by atoms with Gasteiger partial charge in [0.05, 0.1) is 11.6 Å². The summed E-state index contributed by atoms with van der Waals surface area (Å²) in [4.78, 5) is 36.4. The molecule has 6 nitrogen and oxygen atoms in total. The molecule has 0 spiro atoms. The van der Waals surface area contributed by atoms with Crippen molar-refractivity contribution in [1.82, 2.24) is 0 Å². The molecule has 144 valence electrons. The highest BCUT2D eigenvalue weighted by Crippen LogP contribution is 2.48. The SMILES string of the molecule is C[C@H](OC(=O)[C@@H]1C[C@@H]1c1ccc(F)cc1)C(=O)c1ccc2c(c1)NC(=O)CO2. The summed E-state index contributed by atoms with van der Waals surface area (Å²) in [6.07, 6.45) is -0.339. The van der Waals surface area contributed by atoms with Gasteiger partial charge in [-0.2, -0.15) is 0 Å². The highest BCUT2D eigenvalue weighted by molar-refractivity contribution is 6.03. The third-order valence-corrected chi connectivity index (χ3v) is 4.95. The molecule has 4 rings (SSSR count). The quantitative estimate of drug-likeness (QED) is 0.634. The molecule has 7 heteroatoms. The zero-order chi connectivity index (χ0) is 19.8. The van der Waals surface area contributed by atoms with Crippen molar-refractivity contribution in [2.24, 2.45) is 5.92 Å². The summed E-state index contributed by atoms with van der Waals surface area (Å²) >= 11 is 0. The maximum atomic E-state index is 13.0. The zero-order valence-corrected chi connectivity index (χ0v) is 15.1. The molecule has 0 bridgehead atoms. The average molecular weight is 383 g/mol. The molecule has 0 radical (unpaired) electrons. The second-order valence-electron chi connectivity index (χ2n) is 6.99. The molecular formula is C21H18FNO5. The number of hydrogen-bond acceptors (Lipinski definition) is 5. The average Bonchev–Trinajstić information content (AvgIpc) is 3.48. The summed E-state index contributed by atoms with van der Waals surface area (Å²) in [6.45, 7) is 1.45. The molecule has 0 aromatic heterocycles. The molecule has 3 atom stereocenters. The predicted octanol–water partition coefficient (Wildman–Crippen LogP) is 3.07. The molecule has 1 saturated carbocycles. The molecule has 2 aromatic rings. The van der Waals surface area contributed by atoms with Gasteiger partial charge < -0.3 is 14.8 Å². The van der Waals surface area contributed by atoms with Gasteiger partial charge in [0, 0.05) is 5.56 Å². The van der Waals surface area contributed by atoms with E-state index in [9.17, 15) is 18.8 Å². The van der Waals surface area contributed by atoms with Crippen LogP contribution < -0.4 is 10.1 Å². The number of halogens is 1. The molecule has 2 aromatic carbocycles. The number of rotatable bonds is 5. The minimum atomic E-state index is -0.958. The van der Waals surface area contributed by atoms with Gasteiger partial charge in [-0.3, -0.25) is 14.4 Å². The summed E-state index contributed by atoms with van der Waals surface area (Å²) in [6, 6.07) is 10.7. The Hall–Kier alpha value is -3.22. The fourth-order valence-corrected chi connectivity index (χ4v) is 3.32. The van der Waals surface area contributed by atoms with Crippen LogP contribution in [0.25, 0.3) is 0 Å². The van der Waals surface area contributed by atoms with Crippen molar-refractivity contribution < 1.29 is 28.2 Å². The molecular weight excluding hydrogens is 365 g/mol. The number of anilines is 1. The first kappa shape index (κ1) is 18.2. The lowest BCUT2D eigenvalue weighted by Gasteiger charge is -2.19. The largest absolute Gasteiger partial charge is 0.482 e. The number of ether oxygens (including phenoxy) is 2. The monoisotopic (exact) mass is 383 g/mol. The third kappa shape index (κ3) is 3.60. The van der Waals surface area contributed by atoms with E-state index in [0.29, 0.717) is 23.4 Å². The minimum Gasteiger partial charge on any atom is -0.482 e. The number of carbonyl (C=O) groups excluding carboxylic acids is 3. The zero-order valence-electron chi connectivity index (χ0n) is 15.1. The topological polar surface area (TPSA) is 81.7 Å². The first-order valence-electron chi connectivity index (χ1n) is 8.99. The Morgan fingerprint density at radius 3 is 2.71 bits per heavy atom. The third-order valence-electron chi connectivity index (χ3n) is 4.95. The van der Waals surface area contributed by atoms with Crippen molar-refractivity contribution >= 4 is 23.3 Å². The van der Waals surface area contributed by atoms with Crippen LogP contribution in [0.15, 0.2) is 42.5 Å². The van der Waals surface area contributed by atoms with Crippen molar-refractivity contribution in [2.75, 3.05) is 11.9 Å². The molecule has 1 heterocycles. The lowest BCUT2D eigenvalue weighted by Crippen LogP contribution is -2.27. The number of fused-ring (bicyclic) bond motifs is 1. The van der Waals surface area contributed by atoms with Gasteiger partial charge in [0.25, 0.3) is 5.91 Å². The van der Waals surface area contributed by atoms with Crippen LogP contribution in [0.2, 0.25) is 0 Å². The number of benzene rings is 2. The molecule has 1 N–H and O–H groups in total. The smallest absolute Gasteiger partial charge is 0.310 e. The molecule has 0 saturated heterocycles. The van der Waals surface area contributed by atoms with Gasteiger partial charge in [0.15, 0.2) is 12.7 Å². The normalized spacial score (nSPS) is 21.0. The number of amides is 1. The highest BCUT2D eigenvalue weighted by atomic mass is 19.1. The summed E-state index contributed by atoms with van der Waals surface area (Å²) in [7, 11) is 0. The van der Waals surface area contributed by atoms with Crippen LogP contribution in [0, 0.1) is 11.7 Å². The predicted molar refractivity (Wildman–Crippen MR) is 97.7 cm³/mol. The maximum Gasteiger partial charge on any atom is 0.310 e. The van der Waals surface area contributed by atoms with Gasteiger partial charge in [0.1, 0.15) is 11.6 Å². The molecule has 1 amide bonds. The summed E-state index contributed by atoms with van der Waals surface area (Å²) < 4.78 is 23.6. The van der Waals surface area contributed by atoms with Crippen molar-refractivity contribution in [2.45, 2.75) is 25.4 Å². The molecule has 2 aliphatic rings. The number of hydrogen-bond donors (Lipinski definition) is 1. The first-order valence-corrected chi connectivity index (χ1v) is 8.99. The van der Waals surface area contributed by atoms with E-state index in [2.05, 4.69) is 5.32 Å². The molecule has 1 aliphatic heterocycles. The van der Waals surface area contributed by atoms with Gasteiger partial charge in [-0.05, 0) is 55.2 Å². The van der Waals surface area contributed by atoms with Crippen LogP contribution in [-0.2, 0) is 14.3 Å². The van der Waals surface area contributed by atoms with Gasteiger partial charge in [0.2, 0.25) is 5.78 Å². The van der Waals surface area contributed by atoms with Gasteiger partial charge in [-0.25, -0.2) is 4.39 Å². The van der Waals surface area contributed by atoms with E-state index in [0.717, 1.165) is 5.56 Å². The number of ketones is 1. The van der Waals surface area contributed by atoms with Crippen molar-refractivity contribution in [3.8, 4) is 5.75 Å². The van der Waals surface area contributed by atoms with Crippen LogP contribution >= 0.6 is 0 Å². The standard InChI is InChI=1S/C21H18FNO5/c1-11(20(25)13-4-7-18-17(8-13)23-19(24)10-27-18)28-21(26)16-9-15(16)12-2-5-14(22)6-3-12/h2-8,11,15-16H,9-10H2,1H3,(H,23,24)/t11-,15+,16+/m0/s1. The fraction of sp³-hybridized carbons (Fsp3) is 0.286. The van der Waals surface area contributed by atoms with Crippen molar-refractivity contribution in [3.05, 3.63) is 59.4 Å². The highest BCUT2D eigenvalue weighted by Gasteiger charge is 2.46. The van der Waals surface area contributed by atoms with Gasteiger partial charge >= 0.3 is 5.97 Å². The number of Topliss-reactive ketones (excluding diaryl/α,β-unsaturated/α-hetero) is 1. The Bertz CT molecular complexity index is 956. The fourth-order valence-electron chi connectivity index (χ4n) is 3.32. The van der Waals surface area contributed by atoms with Crippen LogP contribution in [0.4, 0.5) is 10.1 Å². The van der Waals surface area contributed by atoms with E-state index in [-0.39, 0.29) is 36.0 Å². The Morgan fingerprint density at radius 1 is 1.21 bits per heavy atom. The van der Waals surface area contributed by atoms with E-state index in [1.54, 1.807) is 24.3 Å². The van der Waals surface area contributed by atoms with Crippen molar-refractivity contribution in [3.63, 3.8) is 0 Å². The molecule has 1 aliphatic carbocycles. The first-order chi connectivity index (χ1) is 13.4. The summed E-state index contributed by atoms with van der Waals surface area (Å²) in [5.74, 6) is -1.27. The lowest BCUT2D eigenvalue weighted by atomic mass is 10.1. The van der Waals surface area contributed by atoms with Crippen molar-refractivity contribution in [1.29, 1.82) is 0 Å².